The van der Waals surface area contributed by atoms with E-state index in [4.69, 9.17) is 0 Å². The zero-order valence-corrected chi connectivity index (χ0v) is 7.84. The highest BCUT2D eigenvalue weighted by atomic mass is 16.1. The van der Waals surface area contributed by atoms with Crippen molar-refractivity contribution in [2.75, 3.05) is 0 Å². The largest absolute Gasteiger partial charge is 0.302 e. The lowest BCUT2D eigenvalue weighted by atomic mass is 10.1. The Morgan fingerprint density at radius 1 is 1.21 bits per heavy atom. The van der Waals surface area contributed by atoms with E-state index >= 15 is 0 Å². The van der Waals surface area contributed by atoms with Crippen LogP contribution in [0.5, 0.6) is 0 Å². The third-order valence-corrected chi connectivity index (χ3v) is 2.08. The van der Waals surface area contributed by atoms with Crippen LogP contribution in [0.3, 0.4) is 0 Å². The molecule has 0 atom stereocenters. The predicted molar refractivity (Wildman–Crippen MR) is 54.9 cm³/mol. The highest BCUT2D eigenvalue weighted by Crippen LogP contribution is 2.12. The van der Waals surface area contributed by atoms with Crippen molar-refractivity contribution in [1.82, 2.24) is 9.55 Å². The Bertz CT molecular complexity index is 488. The Balaban J connectivity index is 2.64. The van der Waals surface area contributed by atoms with Gasteiger partial charge in [-0.15, -0.1) is 0 Å². The fourth-order valence-corrected chi connectivity index (χ4v) is 1.32. The minimum absolute atomic E-state index is 0.0220. The third kappa shape index (κ3) is 1.44. The molecule has 1 aromatic carbocycles. The van der Waals surface area contributed by atoms with Crippen molar-refractivity contribution in [2.24, 2.45) is 7.05 Å². The van der Waals surface area contributed by atoms with Gasteiger partial charge in [-0.1, -0.05) is 30.3 Å². The van der Waals surface area contributed by atoms with Crippen LogP contribution in [0.1, 0.15) is 0 Å². The lowest BCUT2D eigenvalue weighted by Crippen LogP contribution is -2.18. The molecule has 0 saturated carbocycles. The molecule has 0 spiro atoms. The maximum absolute atomic E-state index is 11.7. The van der Waals surface area contributed by atoms with E-state index in [1.807, 2.05) is 30.3 Å². The molecule has 0 N–H and O–H groups in total. The summed E-state index contributed by atoms with van der Waals surface area (Å²) in [5, 5.41) is 0. The fourth-order valence-electron chi connectivity index (χ4n) is 1.32. The van der Waals surface area contributed by atoms with Gasteiger partial charge < -0.3 is 4.57 Å². The average molecular weight is 186 g/mol. The van der Waals surface area contributed by atoms with Crippen LogP contribution >= 0.6 is 0 Å². The fraction of sp³-hybridized carbons (Fsp3) is 0.0909. The number of aryl methyl sites for hydroxylation is 1. The molecule has 0 saturated heterocycles. The second-order valence-corrected chi connectivity index (χ2v) is 3.09. The second-order valence-electron chi connectivity index (χ2n) is 3.09. The van der Waals surface area contributed by atoms with Gasteiger partial charge in [0.15, 0.2) is 0 Å². The van der Waals surface area contributed by atoms with Crippen molar-refractivity contribution in [1.29, 1.82) is 0 Å². The van der Waals surface area contributed by atoms with Crippen molar-refractivity contribution in [3.8, 4) is 11.1 Å². The highest BCUT2D eigenvalue weighted by molar-refractivity contribution is 5.60. The van der Waals surface area contributed by atoms with Gasteiger partial charge in [-0.05, 0) is 5.56 Å². The SMILES string of the molecule is Cn1cncc(-c2ccccc2)c1=O. The molecule has 1 heterocycles. The Labute approximate surface area is 81.7 Å². The zero-order valence-electron chi connectivity index (χ0n) is 7.84. The van der Waals surface area contributed by atoms with Gasteiger partial charge in [0.25, 0.3) is 5.56 Å². The van der Waals surface area contributed by atoms with Crippen molar-refractivity contribution in [3.63, 3.8) is 0 Å². The summed E-state index contributed by atoms with van der Waals surface area (Å²) in [6.07, 6.45) is 3.10. The Hall–Kier alpha value is -1.90. The smallest absolute Gasteiger partial charge is 0.260 e. The molecule has 0 fully saturated rings. The van der Waals surface area contributed by atoms with Crippen LogP contribution < -0.4 is 5.56 Å². The lowest BCUT2D eigenvalue weighted by molar-refractivity contribution is 0.827. The summed E-state index contributed by atoms with van der Waals surface area (Å²) in [7, 11) is 1.70. The maximum Gasteiger partial charge on any atom is 0.260 e. The summed E-state index contributed by atoms with van der Waals surface area (Å²) >= 11 is 0. The molecule has 0 unspecified atom stereocenters. The minimum atomic E-state index is -0.0220. The van der Waals surface area contributed by atoms with Crippen LogP contribution in [0.2, 0.25) is 0 Å². The summed E-state index contributed by atoms with van der Waals surface area (Å²) in [4.78, 5) is 15.7. The van der Waals surface area contributed by atoms with E-state index in [9.17, 15) is 4.79 Å². The summed E-state index contributed by atoms with van der Waals surface area (Å²) in [6.45, 7) is 0. The summed E-state index contributed by atoms with van der Waals surface area (Å²) in [6, 6.07) is 9.53. The van der Waals surface area contributed by atoms with Crippen LogP contribution in [0.15, 0.2) is 47.7 Å². The van der Waals surface area contributed by atoms with E-state index in [1.54, 1.807) is 13.2 Å². The zero-order chi connectivity index (χ0) is 9.97. The highest BCUT2D eigenvalue weighted by Gasteiger charge is 2.02. The minimum Gasteiger partial charge on any atom is -0.302 e. The monoisotopic (exact) mass is 186 g/mol. The van der Waals surface area contributed by atoms with Gasteiger partial charge in [-0.2, -0.15) is 0 Å². The average Bonchev–Trinajstić information content (AvgIpc) is 2.23. The van der Waals surface area contributed by atoms with Crippen LogP contribution in [0, 0.1) is 0 Å². The maximum atomic E-state index is 11.7. The standard InChI is InChI=1S/C11H10N2O/c1-13-8-12-7-10(11(13)14)9-5-3-2-4-6-9/h2-8H,1H3. The van der Waals surface area contributed by atoms with Crippen LogP contribution in [-0.4, -0.2) is 9.55 Å². The molecule has 2 rings (SSSR count). The summed E-state index contributed by atoms with van der Waals surface area (Å²) in [5.41, 5.74) is 1.52. The molecule has 70 valence electrons. The molecular formula is C11H10N2O. The van der Waals surface area contributed by atoms with Gasteiger partial charge in [-0.25, -0.2) is 4.98 Å². The van der Waals surface area contributed by atoms with E-state index in [-0.39, 0.29) is 5.56 Å². The first-order valence-corrected chi connectivity index (χ1v) is 4.35. The first-order valence-electron chi connectivity index (χ1n) is 4.35. The van der Waals surface area contributed by atoms with Gasteiger partial charge in [0.05, 0.1) is 11.9 Å². The van der Waals surface area contributed by atoms with Crippen molar-refractivity contribution < 1.29 is 0 Å². The molecule has 2 aromatic rings. The Kier molecular flexibility index (Phi) is 2.14. The lowest BCUT2D eigenvalue weighted by Gasteiger charge is -2.01. The number of rotatable bonds is 1. The summed E-state index contributed by atoms with van der Waals surface area (Å²) in [5.74, 6) is 0. The molecule has 0 aliphatic heterocycles. The van der Waals surface area contributed by atoms with Crippen LogP contribution in [0.25, 0.3) is 11.1 Å². The van der Waals surface area contributed by atoms with Gasteiger partial charge in [0.1, 0.15) is 0 Å². The van der Waals surface area contributed by atoms with E-state index in [2.05, 4.69) is 4.98 Å². The Morgan fingerprint density at radius 3 is 2.64 bits per heavy atom. The topological polar surface area (TPSA) is 34.9 Å². The first kappa shape index (κ1) is 8.69. The van der Waals surface area contributed by atoms with Crippen molar-refractivity contribution in [2.45, 2.75) is 0 Å². The molecule has 1 aromatic heterocycles. The van der Waals surface area contributed by atoms with Crippen LogP contribution in [0.4, 0.5) is 0 Å². The van der Waals surface area contributed by atoms with Gasteiger partial charge >= 0.3 is 0 Å². The molecule has 14 heavy (non-hydrogen) atoms. The molecule has 0 bridgehead atoms. The normalized spacial score (nSPS) is 10.1. The number of nitrogens with zero attached hydrogens (tertiary/aromatic N) is 2. The molecule has 3 heteroatoms. The van der Waals surface area contributed by atoms with Gasteiger partial charge in [0, 0.05) is 13.2 Å². The van der Waals surface area contributed by atoms with Gasteiger partial charge in [0.2, 0.25) is 0 Å². The molecule has 0 aliphatic rings. The first-order chi connectivity index (χ1) is 6.79. The van der Waals surface area contributed by atoms with E-state index < -0.39 is 0 Å². The molecular weight excluding hydrogens is 176 g/mol. The molecule has 0 amide bonds. The van der Waals surface area contributed by atoms with E-state index in [0.717, 1.165) is 5.56 Å². The third-order valence-electron chi connectivity index (χ3n) is 2.08. The van der Waals surface area contributed by atoms with E-state index in [0.29, 0.717) is 5.56 Å². The van der Waals surface area contributed by atoms with Gasteiger partial charge in [-0.3, -0.25) is 4.79 Å². The van der Waals surface area contributed by atoms with Crippen molar-refractivity contribution in [3.05, 3.63) is 53.2 Å². The Morgan fingerprint density at radius 2 is 1.93 bits per heavy atom. The van der Waals surface area contributed by atoms with Crippen molar-refractivity contribution >= 4 is 0 Å². The summed E-state index contributed by atoms with van der Waals surface area (Å²) < 4.78 is 1.47. The molecule has 3 nitrogen and oxygen atoms in total. The van der Waals surface area contributed by atoms with Crippen LogP contribution in [-0.2, 0) is 7.05 Å². The second kappa shape index (κ2) is 3.46. The number of benzene rings is 1. The number of hydrogen-bond donors (Lipinski definition) is 0. The molecule has 0 radical (unpaired) electrons. The van der Waals surface area contributed by atoms with E-state index in [1.165, 1.54) is 10.9 Å². The number of hydrogen-bond acceptors (Lipinski definition) is 2. The predicted octanol–water partition coefficient (Wildman–Crippen LogP) is 1.45. The number of aromatic nitrogens is 2. The molecule has 0 aliphatic carbocycles. The quantitative estimate of drug-likeness (QED) is 0.675.